The van der Waals surface area contributed by atoms with E-state index < -0.39 is 0 Å². The summed E-state index contributed by atoms with van der Waals surface area (Å²) in [5, 5.41) is 9.59. The molecule has 21 heavy (non-hydrogen) atoms. The lowest BCUT2D eigenvalue weighted by atomic mass is 10.1. The molecule has 0 fully saturated rings. The molecule has 0 aromatic heterocycles. The molecule has 0 amide bonds. The van der Waals surface area contributed by atoms with Gasteiger partial charge in [-0.25, -0.2) is 4.39 Å². The predicted octanol–water partition coefficient (Wildman–Crippen LogP) is 4.54. The van der Waals surface area contributed by atoms with E-state index in [1.54, 1.807) is 6.07 Å². The Labute approximate surface area is 129 Å². The second-order valence-corrected chi connectivity index (χ2v) is 5.54. The molecule has 0 N–H and O–H groups in total. The minimum atomic E-state index is -0.382. The molecule has 0 aliphatic heterocycles. The SMILES string of the molecule is CC(c1cccc(Cl)c1)N(C)Cc1cc(F)cc(C#N)c1. The second-order valence-electron chi connectivity index (χ2n) is 5.11. The third-order valence-electron chi connectivity index (χ3n) is 3.51. The van der Waals surface area contributed by atoms with Gasteiger partial charge in [-0.3, -0.25) is 4.90 Å². The Bertz CT molecular complexity index is 679. The average molecular weight is 303 g/mol. The number of nitriles is 1. The van der Waals surface area contributed by atoms with Crippen molar-refractivity contribution < 1.29 is 4.39 Å². The van der Waals surface area contributed by atoms with E-state index in [4.69, 9.17) is 16.9 Å². The number of rotatable bonds is 4. The van der Waals surface area contributed by atoms with Gasteiger partial charge in [-0.1, -0.05) is 23.7 Å². The summed E-state index contributed by atoms with van der Waals surface area (Å²) in [4.78, 5) is 2.08. The molecular weight excluding hydrogens is 287 g/mol. The Morgan fingerprint density at radius 3 is 2.71 bits per heavy atom. The summed E-state index contributed by atoms with van der Waals surface area (Å²) in [5.41, 5.74) is 2.22. The highest BCUT2D eigenvalue weighted by Crippen LogP contribution is 2.23. The van der Waals surface area contributed by atoms with Crippen LogP contribution >= 0.6 is 11.6 Å². The van der Waals surface area contributed by atoms with E-state index in [9.17, 15) is 4.39 Å². The van der Waals surface area contributed by atoms with Gasteiger partial charge >= 0.3 is 0 Å². The van der Waals surface area contributed by atoms with Crippen LogP contribution in [0.5, 0.6) is 0 Å². The zero-order valence-electron chi connectivity index (χ0n) is 12.0. The Balaban J connectivity index is 2.16. The lowest BCUT2D eigenvalue weighted by Gasteiger charge is -2.25. The lowest BCUT2D eigenvalue weighted by molar-refractivity contribution is 0.253. The van der Waals surface area contributed by atoms with Crippen LogP contribution < -0.4 is 0 Å². The normalized spacial score (nSPS) is 12.2. The molecule has 2 aromatic carbocycles. The van der Waals surface area contributed by atoms with Crippen molar-refractivity contribution in [3.05, 3.63) is 70.0 Å². The van der Waals surface area contributed by atoms with Crippen molar-refractivity contribution >= 4 is 11.6 Å². The van der Waals surface area contributed by atoms with Crippen LogP contribution in [0, 0.1) is 17.1 Å². The molecule has 0 aliphatic carbocycles. The molecule has 0 heterocycles. The fraction of sp³-hybridized carbons (Fsp3) is 0.235. The van der Waals surface area contributed by atoms with Gasteiger partial charge in [-0.2, -0.15) is 5.26 Å². The largest absolute Gasteiger partial charge is 0.295 e. The lowest BCUT2D eigenvalue weighted by Crippen LogP contribution is -2.22. The maximum atomic E-state index is 13.5. The average Bonchev–Trinajstić information content (AvgIpc) is 2.45. The highest BCUT2D eigenvalue weighted by atomic mass is 35.5. The van der Waals surface area contributed by atoms with Crippen molar-refractivity contribution in [2.24, 2.45) is 0 Å². The molecule has 4 heteroatoms. The summed E-state index contributed by atoms with van der Waals surface area (Å²) in [6.45, 7) is 2.62. The third-order valence-corrected chi connectivity index (χ3v) is 3.75. The predicted molar refractivity (Wildman–Crippen MR) is 82.4 cm³/mol. The van der Waals surface area contributed by atoms with Crippen molar-refractivity contribution in [3.8, 4) is 6.07 Å². The minimum Gasteiger partial charge on any atom is -0.295 e. The summed E-state index contributed by atoms with van der Waals surface area (Å²) in [7, 11) is 1.96. The van der Waals surface area contributed by atoms with E-state index in [2.05, 4.69) is 11.8 Å². The van der Waals surface area contributed by atoms with E-state index in [0.29, 0.717) is 17.1 Å². The second kappa shape index (κ2) is 6.71. The molecule has 2 nitrogen and oxygen atoms in total. The van der Waals surface area contributed by atoms with E-state index >= 15 is 0 Å². The van der Waals surface area contributed by atoms with Crippen LogP contribution in [0.15, 0.2) is 42.5 Å². The smallest absolute Gasteiger partial charge is 0.124 e. The van der Waals surface area contributed by atoms with E-state index in [-0.39, 0.29) is 11.9 Å². The van der Waals surface area contributed by atoms with Gasteiger partial charge in [-0.15, -0.1) is 0 Å². The molecule has 1 atom stereocenters. The molecule has 108 valence electrons. The summed E-state index contributed by atoms with van der Waals surface area (Å²) < 4.78 is 13.5. The van der Waals surface area contributed by atoms with Gasteiger partial charge in [0.25, 0.3) is 0 Å². The topological polar surface area (TPSA) is 27.0 Å². The molecule has 0 saturated heterocycles. The van der Waals surface area contributed by atoms with Crippen LogP contribution in [0.25, 0.3) is 0 Å². The van der Waals surface area contributed by atoms with Crippen molar-refractivity contribution in [2.75, 3.05) is 7.05 Å². The fourth-order valence-electron chi connectivity index (χ4n) is 2.25. The first kappa shape index (κ1) is 15.5. The third kappa shape index (κ3) is 4.04. The Morgan fingerprint density at radius 1 is 1.29 bits per heavy atom. The minimum absolute atomic E-state index is 0.137. The highest BCUT2D eigenvalue weighted by Gasteiger charge is 2.13. The van der Waals surface area contributed by atoms with Gasteiger partial charge < -0.3 is 0 Å². The summed E-state index contributed by atoms with van der Waals surface area (Å²) in [5.74, 6) is -0.382. The monoisotopic (exact) mass is 302 g/mol. The fourth-order valence-corrected chi connectivity index (χ4v) is 2.45. The number of benzene rings is 2. The van der Waals surface area contributed by atoms with Crippen LogP contribution in [0.4, 0.5) is 4.39 Å². The molecule has 0 radical (unpaired) electrons. The Morgan fingerprint density at radius 2 is 2.05 bits per heavy atom. The molecule has 1 unspecified atom stereocenters. The molecule has 2 rings (SSSR count). The van der Waals surface area contributed by atoms with Crippen LogP contribution in [0.3, 0.4) is 0 Å². The summed E-state index contributed by atoms with van der Waals surface area (Å²) in [6, 6.07) is 14.2. The van der Waals surface area contributed by atoms with E-state index in [0.717, 1.165) is 11.1 Å². The first-order valence-electron chi connectivity index (χ1n) is 6.65. The van der Waals surface area contributed by atoms with Gasteiger partial charge in [0.2, 0.25) is 0 Å². The maximum absolute atomic E-state index is 13.5. The number of halogens is 2. The Hall–Kier alpha value is -1.89. The Kier molecular flexibility index (Phi) is 4.95. The quantitative estimate of drug-likeness (QED) is 0.829. The van der Waals surface area contributed by atoms with Gasteiger partial charge in [0.05, 0.1) is 11.6 Å². The van der Waals surface area contributed by atoms with Crippen molar-refractivity contribution in [3.63, 3.8) is 0 Å². The maximum Gasteiger partial charge on any atom is 0.124 e. The van der Waals surface area contributed by atoms with E-state index in [1.807, 2.05) is 37.4 Å². The number of hydrogen-bond donors (Lipinski definition) is 0. The number of hydrogen-bond acceptors (Lipinski definition) is 2. The van der Waals surface area contributed by atoms with Gasteiger partial charge in [-0.05, 0) is 55.4 Å². The first-order valence-corrected chi connectivity index (χ1v) is 7.02. The van der Waals surface area contributed by atoms with Gasteiger partial charge in [0, 0.05) is 17.6 Å². The van der Waals surface area contributed by atoms with Crippen molar-refractivity contribution in [1.29, 1.82) is 5.26 Å². The zero-order chi connectivity index (χ0) is 15.4. The van der Waals surface area contributed by atoms with Crippen LogP contribution in [0.1, 0.15) is 29.7 Å². The van der Waals surface area contributed by atoms with Crippen LogP contribution in [-0.4, -0.2) is 11.9 Å². The number of nitrogens with zero attached hydrogens (tertiary/aromatic N) is 2. The van der Waals surface area contributed by atoms with Crippen LogP contribution in [-0.2, 0) is 6.54 Å². The molecule has 2 aromatic rings. The molecule has 0 bridgehead atoms. The standard InChI is InChI=1S/C17H16ClFN2/c1-12(15-4-3-5-16(18)9-15)21(2)11-14-6-13(10-20)7-17(19)8-14/h3-9,12H,11H2,1-2H3. The van der Waals surface area contributed by atoms with Gasteiger partial charge in [0.15, 0.2) is 0 Å². The van der Waals surface area contributed by atoms with E-state index in [1.165, 1.54) is 12.1 Å². The molecule has 0 saturated carbocycles. The highest BCUT2D eigenvalue weighted by molar-refractivity contribution is 6.30. The zero-order valence-corrected chi connectivity index (χ0v) is 12.7. The van der Waals surface area contributed by atoms with Crippen molar-refractivity contribution in [1.82, 2.24) is 4.90 Å². The summed E-state index contributed by atoms with van der Waals surface area (Å²) >= 11 is 6.01. The summed E-state index contributed by atoms with van der Waals surface area (Å²) in [6.07, 6.45) is 0. The van der Waals surface area contributed by atoms with Crippen LogP contribution in [0.2, 0.25) is 5.02 Å². The molecule has 0 aliphatic rings. The van der Waals surface area contributed by atoms with Crippen molar-refractivity contribution in [2.45, 2.75) is 19.5 Å². The molecule has 0 spiro atoms. The van der Waals surface area contributed by atoms with Gasteiger partial charge in [0.1, 0.15) is 5.82 Å². The molecular formula is C17H16ClFN2. The first-order chi connectivity index (χ1) is 9.99.